The number of carbonyl (C=O) groups excluding carboxylic acids is 1. The highest BCUT2D eigenvalue weighted by molar-refractivity contribution is 7.17. The van der Waals surface area contributed by atoms with Crippen LogP contribution in [0.1, 0.15) is 17.4 Å². The van der Waals surface area contributed by atoms with Crippen LogP contribution in [0.5, 0.6) is 0 Å². The molecule has 0 spiro atoms. The standard InChI is InChI=1S/C10H9NO2S/c1-2-13-10(12)9-7-4-6-14-8(7)3-5-11-9/h3-6H,2H2,1H3. The predicted molar refractivity (Wildman–Crippen MR) is 55.6 cm³/mol. The minimum Gasteiger partial charge on any atom is -0.461 e. The summed E-state index contributed by atoms with van der Waals surface area (Å²) in [5.74, 6) is -0.350. The van der Waals surface area contributed by atoms with Gasteiger partial charge in [-0.3, -0.25) is 0 Å². The van der Waals surface area contributed by atoms with Gasteiger partial charge in [0.2, 0.25) is 0 Å². The van der Waals surface area contributed by atoms with E-state index in [0.29, 0.717) is 12.3 Å². The lowest BCUT2D eigenvalue weighted by Gasteiger charge is -2.01. The number of carbonyl (C=O) groups is 1. The summed E-state index contributed by atoms with van der Waals surface area (Å²) in [5.41, 5.74) is 0.408. The molecule has 3 nitrogen and oxygen atoms in total. The molecule has 14 heavy (non-hydrogen) atoms. The molecule has 0 unspecified atom stereocenters. The van der Waals surface area contributed by atoms with Gasteiger partial charge in [-0.1, -0.05) is 0 Å². The molecule has 0 bridgehead atoms. The van der Waals surface area contributed by atoms with E-state index in [2.05, 4.69) is 4.98 Å². The van der Waals surface area contributed by atoms with E-state index in [-0.39, 0.29) is 5.97 Å². The van der Waals surface area contributed by atoms with E-state index in [1.165, 1.54) is 0 Å². The second kappa shape index (κ2) is 3.75. The number of esters is 1. The maximum atomic E-state index is 11.5. The Bertz CT molecular complexity index is 464. The molecule has 72 valence electrons. The largest absolute Gasteiger partial charge is 0.461 e. The zero-order chi connectivity index (χ0) is 9.97. The second-order valence-electron chi connectivity index (χ2n) is 2.71. The van der Waals surface area contributed by atoms with E-state index in [1.807, 2.05) is 17.5 Å². The summed E-state index contributed by atoms with van der Waals surface area (Å²) in [5, 5.41) is 2.81. The third-order valence-corrected chi connectivity index (χ3v) is 2.73. The fraction of sp³-hybridized carbons (Fsp3) is 0.200. The van der Waals surface area contributed by atoms with Crippen molar-refractivity contribution in [3.05, 3.63) is 29.4 Å². The van der Waals surface area contributed by atoms with Crippen molar-refractivity contribution in [2.24, 2.45) is 0 Å². The molecule has 2 heterocycles. The van der Waals surface area contributed by atoms with Crippen molar-refractivity contribution in [1.82, 2.24) is 4.98 Å². The molecule has 0 N–H and O–H groups in total. The second-order valence-corrected chi connectivity index (χ2v) is 3.66. The van der Waals surface area contributed by atoms with Crippen molar-refractivity contribution < 1.29 is 9.53 Å². The van der Waals surface area contributed by atoms with E-state index in [9.17, 15) is 4.79 Å². The van der Waals surface area contributed by atoms with Gasteiger partial charge in [0, 0.05) is 16.3 Å². The number of ether oxygens (including phenoxy) is 1. The smallest absolute Gasteiger partial charge is 0.357 e. The van der Waals surface area contributed by atoms with Crippen molar-refractivity contribution in [3.63, 3.8) is 0 Å². The average Bonchev–Trinajstić information content (AvgIpc) is 2.65. The van der Waals surface area contributed by atoms with Gasteiger partial charge in [-0.2, -0.15) is 0 Å². The highest BCUT2D eigenvalue weighted by Gasteiger charge is 2.12. The number of hydrogen-bond acceptors (Lipinski definition) is 4. The van der Waals surface area contributed by atoms with Gasteiger partial charge >= 0.3 is 5.97 Å². The Balaban J connectivity index is 2.50. The van der Waals surface area contributed by atoms with Crippen LogP contribution in [-0.4, -0.2) is 17.6 Å². The van der Waals surface area contributed by atoms with E-state index >= 15 is 0 Å². The molecule has 0 radical (unpaired) electrons. The monoisotopic (exact) mass is 207 g/mol. The first-order valence-corrected chi connectivity index (χ1v) is 5.20. The fourth-order valence-corrected chi connectivity index (χ4v) is 2.04. The lowest BCUT2D eigenvalue weighted by molar-refractivity contribution is 0.0522. The molecule has 0 aliphatic carbocycles. The van der Waals surface area contributed by atoms with Crippen molar-refractivity contribution in [2.75, 3.05) is 6.61 Å². The van der Waals surface area contributed by atoms with E-state index in [1.54, 1.807) is 24.5 Å². The Hall–Kier alpha value is -1.42. The first-order chi connectivity index (χ1) is 6.83. The van der Waals surface area contributed by atoms with Crippen molar-refractivity contribution in [2.45, 2.75) is 6.92 Å². The molecular formula is C10H9NO2S. The quantitative estimate of drug-likeness (QED) is 0.710. The molecule has 0 saturated heterocycles. The van der Waals surface area contributed by atoms with Crippen LogP contribution in [0.25, 0.3) is 10.1 Å². The van der Waals surface area contributed by atoms with Crippen LogP contribution in [0.15, 0.2) is 23.7 Å². The molecule has 2 aromatic heterocycles. The van der Waals surface area contributed by atoms with Gasteiger partial charge in [0.1, 0.15) is 0 Å². The first-order valence-electron chi connectivity index (χ1n) is 4.32. The van der Waals surface area contributed by atoms with E-state index < -0.39 is 0 Å². The molecule has 2 aromatic rings. The molecule has 0 fully saturated rings. The van der Waals surface area contributed by atoms with E-state index in [0.717, 1.165) is 10.1 Å². The maximum absolute atomic E-state index is 11.5. The Kier molecular flexibility index (Phi) is 2.45. The molecule has 0 aliphatic heterocycles. The molecule has 0 aromatic carbocycles. The molecule has 2 rings (SSSR count). The summed E-state index contributed by atoms with van der Waals surface area (Å²) >= 11 is 1.59. The molecule has 4 heteroatoms. The fourth-order valence-electron chi connectivity index (χ4n) is 1.26. The summed E-state index contributed by atoms with van der Waals surface area (Å²) in [6.07, 6.45) is 1.63. The van der Waals surface area contributed by atoms with Gasteiger partial charge in [0.05, 0.1) is 6.61 Å². The lowest BCUT2D eigenvalue weighted by atomic mass is 10.2. The van der Waals surface area contributed by atoms with Gasteiger partial charge < -0.3 is 4.74 Å². The summed E-state index contributed by atoms with van der Waals surface area (Å²) in [6, 6.07) is 3.78. The summed E-state index contributed by atoms with van der Waals surface area (Å²) in [6.45, 7) is 2.16. The minimum atomic E-state index is -0.350. The average molecular weight is 207 g/mol. The SMILES string of the molecule is CCOC(=O)c1nccc2sccc12. The molecule has 0 saturated carbocycles. The highest BCUT2D eigenvalue weighted by Crippen LogP contribution is 2.22. The van der Waals surface area contributed by atoms with Crippen LogP contribution in [0.3, 0.4) is 0 Å². The summed E-state index contributed by atoms with van der Waals surface area (Å²) in [7, 11) is 0. The molecule has 0 aliphatic rings. The minimum absolute atomic E-state index is 0.350. The molecular weight excluding hydrogens is 198 g/mol. The van der Waals surface area contributed by atoms with Gasteiger partial charge in [0.15, 0.2) is 5.69 Å². The number of thiophene rings is 1. The molecule has 0 atom stereocenters. The third-order valence-electron chi connectivity index (χ3n) is 1.85. The van der Waals surface area contributed by atoms with Gasteiger partial charge in [-0.15, -0.1) is 11.3 Å². The van der Waals surface area contributed by atoms with Crippen molar-refractivity contribution in [3.8, 4) is 0 Å². The first kappa shape index (κ1) is 9.15. The van der Waals surface area contributed by atoms with Crippen molar-refractivity contribution >= 4 is 27.4 Å². The number of rotatable bonds is 2. The zero-order valence-electron chi connectivity index (χ0n) is 7.69. The summed E-state index contributed by atoms with van der Waals surface area (Å²) in [4.78, 5) is 15.5. The normalized spacial score (nSPS) is 10.4. The Morgan fingerprint density at radius 1 is 1.57 bits per heavy atom. The zero-order valence-corrected chi connectivity index (χ0v) is 8.50. The maximum Gasteiger partial charge on any atom is 0.357 e. The van der Waals surface area contributed by atoms with Crippen molar-refractivity contribution in [1.29, 1.82) is 0 Å². The highest BCUT2D eigenvalue weighted by atomic mass is 32.1. The third kappa shape index (κ3) is 1.48. The van der Waals surface area contributed by atoms with Crippen LogP contribution in [0.2, 0.25) is 0 Å². The van der Waals surface area contributed by atoms with Crippen LogP contribution in [0.4, 0.5) is 0 Å². The van der Waals surface area contributed by atoms with Crippen LogP contribution in [0, 0.1) is 0 Å². The van der Waals surface area contributed by atoms with Gasteiger partial charge in [0.25, 0.3) is 0 Å². The Morgan fingerprint density at radius 2 is 2.43 bits per heavy atom. The lowest BCUT2D eigenvalue weighted by Crippen LogP contribution is -2.06. The number of hydrogen-bond donors (Lipinski definition) is 0. The van der Waals surface area contributed by atoms with Crippen LogP contribution in [-0.2, 0) is 4.74 Å². The number of nitrogens with zero attached hydrogens (tertiary/aromatic N) is 1. The topological polar surface area (TPSA) is 39.2 Å². The van der Waals surface area contributed by atoms with E-state index in [4.69, 9.17) is 4.74 Å². The number of fused-ring (bicyclic) bond motifs is 1. The Labute approximate surface area is 85.3 Å². The predicted octanol–water partition coefficient (Wildman–Crippen LogP) is 2.47. The molecule has 0 amide bonds. The van der Waals surface area contributed by atoms with Gasteiger partial charge in [-0.05, 0) is 24.4 Å². The number of pyridine rings is 1. The van der Waals surface area contributed by atoms with Crippen LogP contribution < -0.4 is 0 Å². The number of aromatic nitrogens is 1. The summed E-state index contributed by atoms with van der Waals surface area (Å²) < 4.78 is 5.97. The van der Waals surface area contributed by atoms with Gasteiger partial charge in [-0.25, -0.2) is 9.78 Å². The van der Waals surface area contributed by atoms with Crippen LogP contribution >= 0.6 is 11.3 Å². The Morgan fingerprint density at radius 3 is 3.21 bits per heavy atom.